The molecule has 0 aromatic heterocycles. The number of hydrogen-bond donors (Lipinski definition) is 2. The number of anilines is 1. The van der Waals surface area contributed by atoms with Crippen LogP contribution in [0.1, 0.15) is 32.8 Å². The van der Waals surface area contributed by atoms with E-state index >= 15 is 0 Å². The summed E-state index contributed by atoms with van der Waals surface area (Å²) < 4.78 is 27.8. The molecule has 152 valence electrons. The molecule has 28 heavy (non-hydrogen) atoms. The van der Waals surface area contributed by atoms with Gasteiger partial charge in [0, 0.05) is 5.69 Å². The first-order valence-electron chi connectivity index (χ1n) is 9.11. The summed E-state index contributed by atoms with van der Waals surface area (Å²) in [7, 11) is -3.77. The van der Waals surface area contributed by atoms with Crippen molar-refractivity contribution in [1.29, 1.82) is 0 Å². The summed E-state index contributed by atoms with van der Waals surface area (Å²) in [5.41, 5.74) is 1.83. The van der Waals surface area contributed by atoms with Crippen molar-refractivity contribution in [3.05, 3.63) is 60.2 Å². The lowest BCUT2D eigenvalue weighted by molar-refractivity contribution is -0.117. The fourth-order valence-electron chi connectivity index (χ4n) is 2.62. The summed E-state index contributed by atoms with van der Waals surface area (Å²) in [6.07, 6.45) is 2.32. The van der Waals surface area contributed by atoms with Gasteiger partial charge in [-0.05, 0) is 53.7 Å². The van der Waals surface area contributed by atoms with Gasteiger partial charge in [-0.3, -0.25) is 4.79 Å². The number of carbonyl (C=O) groups is 1. The molecule has 2 rings (SSSR count). The summed E-state index contributed by atoms with van der Waals surface area (Å²) in [5.74, 6) is 0.301. The van der Waals surface area contributed by atoms with E-state index in [9.17, 15) is 13.2 Å². The molecular formula is C21H28N2O3S2. The molecule has 5 nitrogen and oxygen atoms in total. The first-order chi connectivity index (χ1) is 13.1. The number of amides is 1. The number of benzene rings is 2. The molecule has 0 heterocycles. The lowest BCUT2D eigenvalue weighted by atomic mass is 9.87. The van der Waals surface area contributed by atoms with E-state index in [-0.39, 0.29) is 16.2 Å². The number of hydrogen-bond acceptors (Lipinski definition) is 4. The van der Waals surface area contributed by atoms with Crippen molar-refractivity contribution in [2.45, 2.75) is 43.5 Å². The van der Waals surface area contributed by atoms with Crippen molar-refractivity contribution in [2.75, 3.05) is 17.3 Å². The largest absolute Gasteiger partial charge is 0.325 e. The van der Waals surface area contributed by atoms with Crippen molar-refractivity contribution in [1.82, 2.24) is 4.72 Å². The van der Waals surface area contributed by atoms with Gasteiger partial charge in [-0.2, -0.15) is 16.5 Å². The smallest absolute Gasteiger partial charge is 0.242 e. The third kappa shape index (κ3) is 6.36. The Hall–Kier alpha value is -1.83. The van der Waals surface area contributed by atoms with E-state index in [1.807, 2.05) is 30.5 Å². The Bertz CT molecular complexity index is 874. The monoisotopic (exact) mass is 420 g/mol. The molecule has 0 unspecified atom stereocenters. The van der Waals surface area contributed by atoms with Crippen LogP contribution in [-0.4, -0.2) is 32.4 Å². The average Bonchev–Trinajstić information content (AvgIpc) is 2.65. The fraction of sp³-hybridized carbons (Fsp3) is 0.381. The highest BCUT2D eigenvalue weighted by Gasteiger charge is 2.25. The van der Waals surface area contributed by atoms with Crippen LogP contribution in [0, 0.1) is 0 Å². The van der Waals surface area contributed by atoms with Crippen molar-refractivity contribution in [3.63, 3.8) is 0 Å². The van der Waals surface area contributed by atoms with Crippen molar-refractivity contribution in [3.8, 4) is 0 Å². The number of thioether (sulfide) groups is 1. The zero-order valence-corrected chi connectivity index (χ0v) is 18.4. The zero-order valence-electron chi connectivity index (χ0n) is 16.7. The van der Waals surface area contributed by atoms with Crippen LogP contribution in [0.3, 0.4) is 0 Å². The SMILES string of the molecule is CSCC[C@H](NS(=O)(=O)c1ccccc1)C(=O)Nc1ccc(C(C)(C)C)cc1. The lowest BCUT2D eigenvalue weighted by Gasteiger charge is -2.20. The summed E-state index contributed by atoms with van der Waals surface area (Å²) in [6.45, 7) is 6.37. The van der Waals surface area contributed by atoms with E-state index in [4.69, 9.17) is 0 Å². The number of rotatable bonds is 8. The Morgan fingerprint density at radius 2 is 1.64 bits per heavy atom. The van der Waals surface area contributed by atoms with Gasteiger partial charge in [-0.15, -0.1) is 0 Å². The molecular weight excluding hydrogens is 392 g/mol. The van der Waals surface area contributed by atoms with Crippen LogP contribution in [0.5, 0.6) is 0 Å². The summed E-state index contributed by atoms with van der Waals surface area (Å²) in [5, 5.41) is 2.83. The Kier molecular flexibility index (Phi) is 7.69. The van der Waals surface area contributed by atoms with Crippen LogP contribution < -0.4 is 10.0 Å². The average molecular weight is 421 g/mol. The molecule has 2 aromatic rings. The predicted octanol–water partition coefficient (Wildman–Crippen LogP) is 4.02. The highest BCUT2D eigenvalue weighted by molar-refractivity contribution is 7.98. The number of sulfonamides is 1. The van der Waals surface area contributed by atoms with Crippen LogP contribution >= 0.6 is 11.8 Å². The van der Waals surface area contributed by atoms with E-state index in [1.165, 1.54) is 12.1 Å². The lowest BCUT2D eigenvalue weighted by Crippen LogP contribution is -2.44. The second kappa shape index (κ2) is 9.58. The number of nitrogens with one attached hydrogen (secondary N) is 2. The molecule has 0 aliphatic rings. The van der Waals surface area contributed by atoms with E-state index in [0.29, 0.717) is 17.9 Å². The van der Waals surface area contributed by atoms with Gasteiger partial charge in [0.2, 0.25) is 15.9 Å². The normalized spacial score (nSPS) is 13.1. The topological polar surface area (TPSA) is 75.3 Å². The Morgan fingerprint density at radius 3 is 2.18 bits per heavy atom. The van der Waals surface area contributed by atoms with E-state index < -0.39 is 16.1 Å². The van der Waals surface area contributed by atoms with Crippen LogP contribution in [0.25, 0.3) is 0 Å². The van der Waals surface area contributed by atoms with Crippen molar-refractivity contribution < 1.29 is 13.2 Å². The molecule has 0 aliphatic heterocycles. The molecule has 0 bridgehead atoms. The Balaban J connectivity index is 2.15. The summed E-state index contributed by atoms with van der Waals surface area (Å²) in [4.78, 5) is 12.9. The molecule has 0 saturated heterocycles. The minimum atomic E-state index is -3.77. The molecule has 0 spiro atoms. The number of carbonyl (C=O) groups excluding carboxylic acids is 1. The van der Waals surface area contributed by atoms with E-state index in [2.05, 4.69) is 30.8 Å². The molecule has 7 heteroatoms. The zero-order chi connectivity index (χ0) is 20.8. The summed E-state index contributed by atoms with van der Waals surface area (Å²) in [6, 6.07) is 14.9. The van der Waals surface area contributed by atoms with Crippen molar-refractivity contribution >= 4 is 33.4 Å². The fourth-order valence-corrected chi connectivity index (χ4v) is 4.34. The second-order valence-electron chi connectivity index (χ2n) is 7.59. The van der Waals surface area contributed by atoms with Crippen molar-refractivity contribution in [2.24, 2.45) is 0 Å². The standard InChI is InChI=1S/C21H28N2O3S2/c1-21(2,3)16-10-12-17(13-11-16)22-20(24)19(14-15-27-4)23-28(25,26)18-8-6-5-7-9-18/h5-13,19,23H,14-15H2,1-4H3,(H,22,24)/t19-/m0/s1. The van der Waals surface area contributed by atoms with Crippen LogP contribution in [0.2, 0.25) is 0 Å². The predicted molar refractivity (Wildman–Crippen MR) is 117 cm³/mol. The molecule has 1 atom stereocenters. The van der Waals surface area contributed by atoms with E-state index in [1.54, 1.807) is 30.0 Å². The molecule has 2 N–H and O–H groups in total. The molecule has 0 radical (unpaired) electrons. The quantitative estimate of drug-likeness (QED) is 0.676. The van der Waals surface area contributed by atoms with Gasteiger partial charge in [0.15, 0.2) is 0 Å². The third-order valence-electron chi connectivity index (χ3n) is 4.30. The van der Waals surface area contributed by atoms with Gasteiger partial charge in [-0.25, -0.2) is 8.42 Å². The molecule has 1 amide bonds. The maximum Gasteiger partial charge on any atom is 0.242 e. The second-order valence-corrected chi connectivity index (χ2v) is 10.3. The maximum atomic E-state index is 12.8. The molecule has 0 aliphatic carbocycles. The van der Waals surface area contributed by atoms with Gasteiger partial charge in [0.1, 0.15) is 6.04 Å². The maximum absolute atomic E-state index is 12.8. The Morgan fingerprint density at radius 1 is 1.04 bits per heavy atom. The minimum absolute atomic E-state index is 0.0226. The Labute approximate surface area is 172 Å². The summed E-state index contributed by atoms with van der Waals surface area (Å²) >= 11 is 1.57. The van der Waals surface area contributed by atoms with Crippen LogP contribution in [0.15, 0.2) is 59.5 Å². The first-order valence-corrected chi connectivity index (χ1v) is 12.0. The molecule has 0 fully saturated rings. The highest BCUT2D eigenvalue weighted by Crippen LogP contribution is 2.23. The highest BCUT2D eigenvalue weighted by atomic mass is 32.2. The van der Waals surface area contributed by atoms with E-state index in [0.717, 1.165) is 5.56 Å². The molecule has 2 aromatic carbocycles. The van der Waals surface area contributed by atoms with Gasteiger partial charge < -0.3 is 5.32 Å². The van der Waals surface area contributed by atoms with Gasteiger partial charge in [0.05, 0.1) is 4.90 Å². The minimum Gasteiger partial charge on any atom is -0.325 e. The first kappa shape index (κ1) is 22.5. The van der Waals surface area contributed by atoms with Gasteiger partial charge in [0.25, 0.3) is 0 Å². The van der Waals surface area contributed by atoms with Gasteiger partial charge in [-0.1, -0.05) is 51.1 Å². The van der Waals surface area contributed by atoms with Gasteiger partial charge >= 0.3 is 0 Å². The third-order valence-corrected chi connectivity index (χ3v) is 6.43. The van der Waals surface area contributed by atoms with Crippen LogP contribution in [-0.2, 0) is 20.2 Å². The van der Waals surface area contributed by atoms with Crippen LogP contribution in [0.4, 0.5) is 5.69 Å². The molecule has 0 saturated carbocycles.